The van der Waals surface area contributed by atoms with Gasteiger partial charge in [-0.2, -0.15) is 0 Å². The molecule has 1 aromatic carbocycles. The molecule has 3 aliphatic carbocycles. The lowest BCUT2D eigenvalue weighted by atomic mass is 9.54. The maximum Gasteiger partial charge on any atom is 0.128 e. The van der Waals surface area contributed by atoms with Crippen LogP contribution in [-0.4, -0.2) is 27.2 Å². The number of anilines is 1. The molecule has 0 aliphatic heterocycles. The number of hydrogen-bond acceptors (Lipinski definition) is 5. The number of pyridine rings is 1. The van der Waals surface area contributed by atoms with Crippen molar-refractivity contribution >= 4 is 11.5 Å². The van der Waals surface area contributed by atoms with Crippen molar-refractivity contribution in [2.75, 3.05) is 5.32 Å². The Labute approximate surface area is 195 Å². The number of hydrogen-bond donors (Lipinski definition) is 3. The third-order valence-electron chi connectivity index (χ3n) is 8.75. The second-order valence-corrected chi connectivity index (χ2v) is 10.6. The van der Waals surface area contributed by atoms with Crippen LogP contribution in [0.5, 0.6) is 0 Å². The van der Waals surface area contributed by atoms with Gasteiger partial charge in [-0.3, -0.25) is 0 Å². The number of aryl methyl sites for hydroxylation is 1. The predicted octanol–water partition coefficient (Wildman–Crippen LogP) is 5.65. The van der Waals surface area contributed by atoms with Crippen molar-refractivity contribution in [2.24, 2.45) is 28.3 Å². The van der Waals surface area contributed by atoms with Gasteiger partial charge in [0.1, 0.15) is 17.9 Å². The van der Waals surface area contributed by atoms with Crippen molar-refractivity contribution in [1.82, 2.24) is 4.98 Å². The summed E-state index contributed by atoms with van der Waals surface area (Å²) >= 11 is 0. The van der Waals surface area contributed by atoms with E-state index < -0.39 is 6.23 Å². The zero-order chi connectivity index (χ0) is 23.2. The summed E-state index contributed by atoms with van der Waals surface area (Å²) in [6.07, 6.45) is 6.99. The van der Waals surface area contributed by atoms with Gasteiger partial charge < -0.3 is 15.6 Å². The first-order chi connectivity index (χ1) is 15.9. The molecule has 6 heteroatoms. The number of benzene rings is 1. The Morgan fingerprint density at radius 2 is 2.15 bits per heavy atom. The van der Waals surface area contributed by atoms with Gasteiger partial charge in [0, 0.05) is 11.6 Å². The Bertz CT molecular complexity index is 1060. The van der Waals surface area contributed by atoms with Crippen LogP contribution in [0.3, 0.4) is 0 Å². The number of halogens is 1. The Morgan fingerprint density at radius 3 is 2.94 bits per heavy atom. The van der Waals surface area contributed by atoms with Crippen LogP contribution < -0.4 is 5.32 Å². The van der Waals surface area contributed by atoms with Crippen LogP contribution in [0.25, 0.3) is 0 Å². The number of aliphatic hydroxyl groups is 1. The maximum absolute atomic E-state index is 14.5. The molecule has 176 valence electrons. The highest BCUT2D eigenvalue weighted by atomic mass is 19.1. The van der Waals surface area contributed by atoms with E-state index in [-0.39, 0.29) is 11.2 Å². The first kappa shape index (κ1) is 22.3. The van der Waals surface area contributed by atoms with Crippen LogP contribution in [0.15, 0.2) is 41.7 Å². The zero-order valence-corrected chi connectivity index (χ0v) is 19.5. The average Bonchev–Trinajstić information content (AvgIpc) is 3.09. The predicted molar refractivity (Wildman–Crippen MR) is 127 cm³/mol. The first-order valence-electron chi connectivity index (χ1n) is 12.3. The number of oxime groups is 1. The molecular weight excluding hydrogens is 417 g/mol. The van der Waals surface area contributed by atoms with E-state index in [0.717, 1.165) is 55.4 Å². The number of nitrogens with zero attached hydrogens (tertiary/aromatic N) is 2. The van der Waals surface area contributed by atoms with Gasteiger partial charge in [0.15, 0.2) is 0 Å². The van der Waals surface area contributed by atoms with E-state index in [0.29, 0.717) is 35.9 Å². The van der Waals surface area contributed by atoms with Gasteiger partial charge >= 0.3 is 0 Å². The van der Waals surface area contributed by atoms with Crippen molar-refractivity contribution in [3.8, 4) is 0 Å². The van der Waals surface area contributed by atoms with E-state index >= 15 is 0 Å². The van der Waals surface area contributed by atoms with Crippen LogP contribution >= 0.6 is 0 Å². The molecule has 0 saturated heterocycles. The van der Waals surface area contributed by atoms with Crippen molar-refractivity contribution in [3.63, 3.8) is 0 Å². The minimum absolute atomic E-state index is 0.0705. The van der Waals surface area contributed by atoms with E-state index in [4.69, 9.17) is 0 Å². The van der Waals surface area contributed by atoms with Gasteiger partial charge in [0.25, 0.3) is 0 Å². The summed E-state index contributed by atoms with van der Waals surface area (Å²) in [6, 6.07) is 9.40. The molecule has 0 amide bonds. The number of nitrogens with one attached hydrogen (secondary N) is 1. The maximum atomic E-state index is 14.5. The minimum Gasteiger partial charge on any atom is -0.411 e. The van der Waals surface area contributed by atoms with E-state index in [1.165, 1.54) is 5.56 Å². The third-order valence-corrected chi connectivity index (χ3v) is 8.75. The molecular formula is C27H34FN3O2. The number of aliphatic hydroxyl groups excluding tert-OH is 1. The molecule has 2 saturated carbocycles. The molecule has 0 bridgehead atoms. The van der Waals surface area contributed by atoms with Gasteiger partial charge in [-0.05, 0) is 110 Å². The third kappa shape index (κ3) is 3.92. The van der Waals surface area contributed by atoms with Crippen molar-refractivity contribution in [1.29, 1.82) is 0 Å². The molecule has 0 spiro atoms. The molecule has 1 heterocycles. The Balaban J connectivity index is 1.35. The summed E-state index contributed by atoms with van der Waals surface area (Å²) in [5.74, 6) is 2.14. The van der Waals surface area contributed by atoms with Crippen molar-refractivity contribution in [2.45, 2.75) is 70.9 Å². The molecule has 6 atom stereocenters. The van der Waals surface area contributed by atoms with Gasteiger partial charge in [0.05, 0.1) is 5.71 Å². The number of rotatable bonds is 5. The molecule has 2 fully saturated rings. The molecule has 5 rings (SSSR count). The highest BCUT2D eigenvalue weighted by Gasteiger charge is 2.57. The summed E-state index contributed by atoms with van der Waals surface area (Å²) in [5.41, 5.74) is 3.97. The highest BCUT2D eigenvalue weighted by Crippen LogP contribution is 2.62. The normalized spacial score (nSPS) is 32.7. The SMILES string of the molecule is Cc1ccnc(NC(O)CC[C@@H]2C/C(=N\O)[C@@]3(C)CCC4c5cccc(F)c5CCC4C23)c1. The van der Waals surface area contributed by atoms with Crippen LogP contribution in [-0.2, 0) is 6.42 Å². The summed E-state index contributed by atoms with van der Waals surface area (Å²) in [4.78, 5) is 4.29. The second-order valence-electron chi connectivity index (χ2n) is 10.6. The smallest absolute Gasteiger partial charge is 0.128 e. The Kier molecular flexibility index (Phi) is 5.89. The lowest BCUT2D eigenvalue weighted by molar-refractivity contribution is 0.0503. The summed E-state index contributed by atoms with van der Waals surface area (Å²) in [6.45, 7) is 4.26. The lowest BCUT2D eigenvalue weighted by Crippen LogP contribution is -2.44. The fourth-order valence-corrected chi connectivity index (χ4v) is 7.30. The monoisotopic (exact) mass is 451 g/mol. The van der Waals surface area contributed by atoms with E-state index in [9.17, 15) is 14.7 Å². The van der Waals surface area contributed by atoms with Gasteiger partial charge in [0.2, 0.25) is 0 Å². The summed E-state index contributed by atoms with van der Waals surface area (Å²) in [5, 5.41) is 27.4. The minimum atomic E-state index is -0.679. The average molecular weight is 452 g/mol. The topological polar surface area (TPSA) is 77.7 Å². The summed E-state index contributed by atoms with van der Waals surface area (Å²) in [7, 11) is 0. The number of aromatic nitrogens is 1. The molecule has 3 N–H and O–H groups in total. The van der Waals surface area contributed by atoms with Crippen LogP contribution in [0, 0.1) is 35.9 Å². The van der Waals surface area contributed by atoms with Gasteiger partial charge in [-0.25, -0.2) is 9.37 Å². The molecule has 1 aromatic heterocycles. The zero-order valence-electron chi connectivity index (χ0n) is 19.5. The van der Waals surface area contributed by atoms with Crippen molar-refractivity contribution < 1.29 is 14.7 Å². The largest absolute Gasteiger partial charge is 0.411 e. The lowest BCUT2D eigenvalue weighted by Gasteiger charge is -2.50. The fourth-order valence-electron chi connectivity index (χ4n) is 7.30. The molecule has 0 radical (unpaired) electrons. The van der Waals surface area contributed by atoms with Gasteiger partial charge in [-0.1, -0.05) is 24.2 Å². The van der Waals surface area contributed by atoms with E-state index in [1.807, 2.05) is 25.1 Å². The van der Waals surface area contributed by atoms with Gasteiger partial charge in [-0.15, -0.1) is 0 Å². The fraction of sp³-hybridized carbons (Fsp3) is 0.556. The van der Waals surface area contributed by atoms with Crippen LogP contribution in [0.1, 0.15) is 68.1 Å². The Hall–Kier alpha value is -2.47. The Morgan fingerprint density at radius 1 is 1.30 bits per heavy atom. The molecule has 3 aliphatic rings. The van der Waals surface area contributed by atoms with E-state index in [2.05, 4.69) is 28.4 Å². The molecule has 4 unspecified atom stereocenters. The standard InChI is InChI=1S/C27H34FN3O2/c1-16-11-13-29-24(14-16)30-25(32)9-6-17-15-23(31-33)27(2)12-10-19-18-4-3-5-22(28)20(18)7-8-21(19)26(17)27/h3-5,11,13-14,17,19,21,25-26,32-33H,6-10,12,15H2,1-2H3,(H,29,30)/b31-23+/t17-,19?,21?,25?,26?,27-/m1/s1. The van der Waals surface area contributed by atoms with Crippen molar-refractivity contribution in [3.05, 3.63) is 59.0 Å². The quantitative estimate of drug-likeness (QED) is 0.312. The first-order valence-corrected chi connectivity index (χ1v) is 12.3. The summed E-state index contributed by atoms with van der Waals surface area (Å²) < 4.78 is 14.5. The van der Waals surface area contributed by atoms with Crippen LogP contribution in [0.2, 0.25) is 0 Å². The van der Waals surface area contributed by atoms with E-state index in [1.54, 1.807) is 12.3 Å². The molecule has 5 nitrogen and oxygen atoms in total. The molecule has 33 heavy (non-hydrogen) atoms. The second kappa shape index (κ2) is 8.71. The van der Waals surface area contributed by atoms with Crippen LogP contribution in [0.4, 0.5) is 10.2 Å². The molecule has 2 aromatic rings. The number of fused-ring (bicyclic) bond motifs is 5. The highest BCUT2D eigenvalue weighted by molar-refractivity contribution is 5.92.